The number of pyridine rings is 1. The third kappa shape index (κ3) is 2.50. The SMILES string of the molecule is CC(C)n1c(Nc2cccnc2)nc2ccccc2c1=O. The molecule has 2 aromatic heterocycles. The highest BCUT2D eigenvalue weighted by Crippen LogP contribution is 2.18. The molecule has 0 amide bonds. The van der Waals surface area contributed by atoms with E-state index < -0.39 is 0 Å². The fraction of sp³-hybridized carbons (Fsp3) is 0.188. The van der Waals surface area contributed by atoms with E-state index in [1.165, 1.54) is 0 Å². The van der Waals surface area contributed by atoms with E-state index in [-0.39, 0.29) is 11.6 Å². The van der Waals surface area contributed by atoms with Crippen LogP contribution >= 0.6 is 0 Å². The highest BCUT2D eigenvalue weighted by atomic mass is 16.1. The number of para-hydroxylation sites is 1. The molecule has 1 N–H and O–H groups in total. The molecule has 0 spiro atoms. The summed E-state index contributed by atoms with van der Waals surface area (Å²) >= 11 is 0. The van der Waals surface area contributed by atoms with Crippen molar-refractivity contribution >= 4 is 22.5 Å². The Morgan fingerprint density at radius 1 is 1.14 bits per heavy atom. The normalized spacial score (nSPS) is 11.0. The van der Waals surface area contributed by atoms with Gasteiger partial charge in [0.1, 0.15) is 0 Å². The molecule has 0 aliphatic heterocycles. The van der Waals surface area contributed by atoms with Crippen molar-refractivity contribution in [1.29, 1.82) is 0 Å². The van der Waals surface area contributed by atoms with Crippen molar-refractivity contribution in [3.8, 4) is 0 Å². The molecule has 0 aliphatic carbocycles. The van der Waals surface area contributed by atoms with Gasteiger partial charge in [0.2, 0.25) is 5.95 Å². The van der Waals surface area contributed by atoms with E-state index in [4.69, 9.17) is 0 Å². The van der Waals surface area contributed by atoms with Crippen LogP contribution in [0.1, 0.15) is 19.9 Å². The predicted molar refractivity (Wildman–Crippen MR) is 83.9 cm³/mol. The second-order valence-electron chi connectivity index (χ2n) is 5.09. The number of rotatable bonds is 3. The van der Waals surface area contributed by atoms with Crippen LogP contribution in [0.2, 0.25) is 0 Å². The maximum absolute atomic E-state index is 12.6. The van der Waals surface area contributed by atoms with Gasteiger partial charge >= 0.3 is 0 Å². The third-order valence-corrected chi connectivity index (χ3v) is 3.24. The fourth-order valence-corrected chi connectivity index (χ4v) is 2.28. The fourth-order valence-electron chi connectivity index (χ4n) is 2.28. The summed E-state index contributed by atoms with van der Waals surface area (Å²) in [4.78, 5) is 21.3. The molecule has 3 aromatic rings. The first-order valence-corrected chi connectivity index (χ1v) is 6.85. The molecule has 5 nitrogen and oxygen atoms in total. The van der Waals surface area contributed by atoms with Gasteiger partial charge < -0.3 is 5.32 Å². The third-order valence-electron chi connectivity index (χ3n) is 3.24. The molecule has 0 radical (unpaired) electrons. The Labute approximate surface area is 122 Å². The van der Waals surface area contributed by atoms with E-state index >= 15 is 0 Å². The molecular formula is C16H16N4O. The van der Waals surface area contributed by atoms with E-state index in [2.05, 4.69) is 15.3 Å². The standard InChI is InChI=1S/C16H16N4O/c1-11(2)20-15(21)13-7-3-4-8-14(13)19-16(20)18-12-6-5-9-17-10-12/h3-11H,1-2H3,(H,18,19). The van der Waals surface area contributed by atoms with Crippen LogP contribution in [0.3, 0.4) is 0 Å². The minimum atomic E-state index is -0.0398. The van der Waals surface area contributed by atoms with Crippen LogP contribution in [0.15, 0.2) is 53.6 Å². The molecule has 0 aliphatic rings. The summed E-state index contributed by atoms with van der Waals surface area (Å²) in [6, 6.07) is 11.1. The molecule has 0 bridgehead atoms. The van der Waals surface area contributed by atoms with Gasteiger partial charge in [0.15, 0.2) is 0 Å². The summed E-state index contributed by atoms with van der Waals surface area (Å²) in [5, 5.41) is 3.80. The van der Waals surface area contributed by atoms with Gasteiger partial charge in [0.05, 0.1) is 22.8 Å². The summed E-state index contributed by atoms with van der Waals surface area (Å²) < 4.78 is 1.66. The summed E-state index contributed by atoms with van der Waals surface area (Å²) in [5.41, 5.74) is 1.45. The van der Waals surface area contributed by atoms with E-state index in [0.29, 0.717) is 16.9 Å². The van der Waals surface area contributed by atoms with Gasteiger partial charge in [-0.15, -0.1) is 0 Å². The van der Waals surface area contributed by atoms with Crippen molar-refractivity contribution in [2.75, 3.05) is 5.32 Å². The van der Waals surface area contributed by atoms with Crippen molar-refractivity contribution < 1.29 is 0 Å². The Hall–Kier alpha value is -2.69. The average molecular weight is 280 g/mol. The maximum atomic E-state index is 12.6. The summed E-state index contributed by atoms with van der Waals surface area (Å²) in [6.45, 7) is 3.93. The lowest BCUT2D eigenvalue weighted by Crippen LogP contribution is -2.25. The topological polar surface area (TPSA) is 59.8 Å². The van der Waals surface area contributed by atoms with Crippen LogP contribution in [-0.4, -0.2) is 14.5 Å². The lowest BCUT2D eigenvalue weighted by atomic mass is 10.2. The number of anilines is 2. The molecule has 0 saturated heterocycles. The zero-order valence-electron chi connectivity index (χ0n) is 11.9. The number of aromatic nitrogens is 3. The maximum Gasteiger partial charge on any atom is 0.263 e. The second kappa shape index (κ2) is 5.36. The van der Waals surface area contributed by atoms with Gasteiger partial charge in [-0.2, -0.15) is 0 Å². The van der Waals surface area contributed by atoms with Gasteiger partial charge in [-0.1, -0.05) is 12.1 Å². The van der Waals surface area contributed by atoms with Crippen LogP contribution in [0.5, 0.6) is 0 Å². The molecule has 21 heavy (non-hydrogen) atoms. The molecule has 5 heteroatoms. The number of fused-ring (bicyclic) bond motifs is 1. The Morgan fingerprint density at radius 3 is 2.67 bits per heavy atom. The largest absolute Gasteiger partial charge is 0.324 e. The molecule has 0 fully saturated rings. The quantitative estimate of drug-likeness (QED) is 0.800. The monoisotopic (exact) mass is 280 g/mol. The number of nitrogens with zero attached hydrogens (tertiary/aromatic N) is 3. The van der Waals surface area contributed by atoms with Crippen molar-refractivity contribution in [2.45, 2.75) is 19.9 Å². The first kappa shape index (κ1) is 13.3. The highest BCUT2D eigenvalue weighted by Gasteiger charge is 2.13. The van der Waals surface area contributed by atoms with E-state index in [1.54, 1.807) is 23.0 Å². The summed E-state index contributed by atoms with van der Waals surface area (Å²) in [6.07, 6.45) is 3.40. The van der Waals surface area contributed by atoms with Crippen LogP contribution in [0.25, 0.3) is 10.9 Å². The van der Waals surface area contributed by atoms with Gasteiger partial charge in [0, 0.05) is 12.2 Å². The van der Waals surface area contributed by atoms with Gasteiger partial charge in [-0.05, 0) is 38.1 Å². The number of hydrogen-bond acceptors (Lipinski definition) is 4. The first-order chi connectivity index (χ1) is 10.2. The van der Waals surface area contributed by atoms with Crippen molar-refractivity contribution in [3.63, 3.8) is 0 Å². The zero-order chi connectivity index (χ0) is 14.8. The number of nitrogens with one attached hydrogen (secondary N) is 1. The number of hydrogen-bond donors (Lipinski definition) is 1. The highest BCUT2D eigenvalue weighted by molar-refractivity contribution is 5.79. The van der Waals surface area contributed by atoms with Crippen LogP contribution in [0.4, 0.5) is 11.6 Å². The van der Waals surface area contributed by atoms with Crippen LogP contribution in [-0.2, 0) is 0 Å². The molecule has 0 saturated carbocycles. The molecule has 2 heterocycles. The van der Waals surface area contributed by atoms with Gasteiger partial charge in [-0.25, -0.2) is 4.98 Å². The molecule has 3 rings (SSSR count). The van der Waals surface area contributed by atoms with Crippen molar-refractivity contribution in [3.05, 3.63) is 59.1 Å². The zero-order valence-corrected chi connectivity index (χ0v) is 11.9. The minimum absolute atomic E-state index is 0.00813. The molecule has 1 aromatic carbocycles. The first-order valence-electron chi connectivity index (χ1n) is 6.85. The molecule has 0 atom stereocenters. The Bertz CT molecular complexity index is 825. The Kier molecular flexibility index (Phi) is 3.39. The van der Waals surface area contributed by atoms with Crippen LogP contribution in [0, 0.1) is 0 Å². The van der Waals surface area contributed by atoms with E-state index in [9.17, 15) is 4.79 Å². The van der Waals surface area contributed by atoms with Crippen LogP contribution < -0.4 is 10.9 Å². The molecule has 0 unspecified atom stereocenters. The predicted octanol–water partition coefficient (Wildman–Crippen LogP) is 3.12. The molecule has 106 valence electrons. The lowest BCUT2D eigenvalue weighted by Gasteiger charge is -2.17. The number of benzene rings is 1. The summed E-state index contributed by atoms with van der Waals surface area (Å²) in [5.74, 6) is 0.529. The average Bonchev–Trinajstić information content (AvgIpc) is 2.48. The Balaban J connectivity index is 2.21. The van der Waals surface area contributed by atoms with Crippen molar-refractivity contribution in [2.24, 2.45) is 0 Å². The van der Waals surface area contributed by atoms with E-state index in [0.717, 1.165) is 5.69 Å². The Morgan fingerprint density at radius 2 is 1.95 bits per heavy atom. The summed E-state index contributed by atoms with van der Waals surface area (Å²) in [7, 11) is 0. The second-order valence-corrected chi connectivity index (χ2v) is 5.09. The minimum Gasteiger partial charge on any atom is -0.324 e. The lowest BCUT2D eigenvalue weighted by molar-refractivity contribution is 0.582. The van der Waals surface area contributed by atoms with Gasteiger partial charge in [0.25, 0.3) is 5.56 Å². The smallest absolute Gasteiger partial charge is 0.263 e. The van der Waals surface area contributed by atoms with E-state index in [1.807, 2.05) is 44.2 Å². The molecular weight excluding hydrogens is 264 g/mol. The van der Waals surface area contributed by atoms with Crippen molar-refractivity contribution in [1.82, 2.24) is 14.5 Å². The van der Waals surface area contributed by atoms with Gasteiger partial charge in [-0.3, -0.25) is 14.3 Å².